The second-order valence-corrected chi connectivity index (χ2v) is 6.30. The molecule has 0 radical (unpaired) electrons. The third kappa shape index (κ3) is 4.25. The van der Waals surface area contributed by atoms with Gasteiger partial charge in [0.1, 0.15) is 5.82 Å². The second-order valence-electron chi connectivity index (χ2n) is 6.30. The molecule has 24 heavy (non-hydrogen) atoms. The molecule has 126 valence electrons. The van der Waals surface area contributed by atoms with Crippen molar-refractivity contribution in [1.82, 2.24) is 5.32 Å². The minimum absolute atomic E-state index is 0.0278. The van der Waals surface area contributed by atoms with E-state index in [1.807, 2.05) is 12.1 Å². The normalized spacial score (nSPS) is 17.0. The minimum atomic E-state index is -0.218. The van der Waals surface area contributed by atoms with Crippen LogP contribution in [0.15, 0.2) is 48.5 Å². The maximum absolute atomic E-state index is 13.0. The van der Waals surface area contributed by atoms with Crippen molar-refractivity contribution in [1.29, 1.82) is 0 Å². The van der Waals surface area contributed by atoms with E-state index >= 15 is 0 Å². The van der Waals surface area contributed by atoms with Crippen LogP contribution in [0.1, 0.15) is 12.0 Å². The molecule has 1 aliphatic rings. The van der Waals surface area contributed by atoms with Crippen LogP contribution in [0, 0.1) is 11.7 Å². The summed E-state index contributed by atoms with van der Waals surface area (Å²) in [4.78, 5) is 14.3. The monoisotopic (exact) mass is 327 g/mol. The van der Waals surface area contributed by atoms with Gasteiger partial charge in [-0.25, -0.2) is 4.39 Å². The lowest BCUT2D eigenvalue weighted by Crippen LogP contribution is -2.32. The smallest absolute Gasteiger partial charge is 0.224 e. The minimum Gasteiger partial charge on any atom is -0.399 e. The number of nitrogens with zero attached hydrogens (tertiary/aromatic N) is 1. The average molecular weight is 327 g/mol. The fourth-order valence-corrected chi connectivity index (χ4v) is 3.03. The molecule has 1 amide bonds. The number of amides is 1. The van der Waals surface area contributed by atoms with Gasteiger partial charge in [-0.3, -0.25) is 4.79 Å². The molecule has 3 N–H and O–H groups in total. The standard InChI is InChI=1S/C19H22FN3O/c20-16-3-7-18(8-4-16)23-10-9-15(13-23)12-22-19(24)11-14-1-5-17(21)6-2-14/h1-8,15H,9-13,21H2,(H,22,24). The SMILES string of the molecule is Nc1ccc(CC(=O)NCC2CCN(c3ccc(F)cc3)C2)cc1. The van der Waals surface area contributed by atoms with Crippen LogP contribution in [-0.4, -0.2) is 25.5 Å². The van der Waals surface area contributed by atoms with Gasteiger partial charge in [-0.15, -0.1) is 0 Å². The van der Waals surface area contributed by atoms with Crippen LogP contribution in [0.25, 0.3) is 0 Å². The van der Waals surface area contributed by atoms with Gasteiger partial charge in [-0.1, -0.05) is 12.1 Å². The van der Waals surface area contributed by atoms with Crippen LogP contribution in [0.4, 0.5) is 15.8 Å². The summed E-state index contributed by atoms with van der Waals surface area (Å²) in [5, 5.41) is 3.01. The number of nitrogens with two attached hydrogens (primary N) is 1. The van der Waals surface area contributed by atoms with Gasteiger partial charge in [0, 0.05) is 31.0 Å². The summed E-state index contributed by atoms with van der Waals surface area (Å²) < 4.78 is 13.0. The predicted molar refractivity (Wildman–Crippen MR) is 94.3 cm³/mol. The molecule has 1 saturated heterocycles. The maximum atomic E-state index is 13.0. The molecule has 5 heteroatoms. The number of nitrogens with one attached hydrogen (secondary N) is 1. The highest BCUT2D eigenvalue weighted by Gasteiger charge is 2.23. The number of rotatable bonds is 5. The lowest BCUT2D eigenvalue weighted by atomic mass is 10.1. The zero-order valence-electron chi connectivity index (χ0n) is 13.5. The molecule has 3 rings (SSSR count). The highest BCUT2D eigenvalue weighted by Crippen LogP contribution is 2.23. The first-order chi connectivity index (χ1) is 11.6. The van der Waals surface area contributed by atoms with Gasteiger partial charge in [0.25, 0.3) is 0 Å². The van der Waals surface area contributed by atoms with Crippen molar-refractivity contribution in [3.05, 3.63) is 59.9 Å². The summed E-state index contributed by atoms with van der Waals surface area (Å²) in [6.07, 6.45) is 1.40. The topological polar surface area (TPSA) is 58.4 Å². The zero-order chi connectivity index (χ0) is 16.9. The third-order valence-electron chi connectivity index (χ3n) is 4.41. The first-order valence-corrected chi connectivity index (χ1v) is 8.22. The number of carbonyl (C=O) groups is 1. The maximum Gasteiger partial charge on any atom is 0.224 e. The van der Waals surface area contributed by atoms with Gasteiger partial charge >= 0.3 is 0 Å². The van der Waals surface area contributed by atoms with Crippen LogP contribution < -0.4 is 16.0 Å². The lowest BCUT2D eigenvalue weighted by Gasteiger charge is -2.18. The molecule has 1 aliphatic heterocycles. The average Bonchev–Trinajstić information content (AvgIpc) is 3.05. The van der Waals surface area contributed by atoms with E-state index in [1.165, 1.54) is 12.1 Å². The summed E-state index contributed by atoms with van der Waals surface area (Å²) in [6.45, 7) is 2.49. The Morgan fingerprint density at radius 1 is 1.17 bits per heavy atom. The molecule has 1 unspecified atom stereocenters. The molecule has 0 aromatic heterocycles. The molecule has 4 nitrogen and oxygen atoms in total. The molecular formula is C19H22FN3O. The van der Waals surface area contributed by atoms with E-state index in [0.717, 1.165) is 30.8 Å². The lowest BCUT2D eigenvalue weighted by molar-refractivity contribution is -0.120. The van der Waals surface area contributed by atoms with E-state index in [1.54, 1.807) is 24.3 Å². The fraction of sp³-hybridized carbons (Fsp3) is 0.316. The Balaban J connectivity index is 1.44. The van der Waals surface area contributed by atoms with Crippen molar-refractivity contribution >= 4 is 17.3 Å². The van der Waals surface area contributed by atoms with Gasteiger partial charge in [0.2, 0.25) is 5.91 Å². The van der Waals surface area contributed by atoms with Gasteiger partial charge in [-0.2, -0.15) is 0 Å². The first kappa shape index (κ1) is 16.3. The van der Waals surface area contributed by atoms with Crippen LogP contribution in [0.2, 0.25) is 0 Å². The van der Waals surface area contributed by atoms with Gasteiger partial charge in [-0.05, 0) is 54.3 Å². The van der Waals surface area contributed by atoms with Gasteiger partial charge < -0.3 is 16.0 Å². The van der Waals surface area contributed by atoms with Crippen LogP contribution in [-0.2, 0) is 11.2 Å². The van der Waals surface area contributed by atoms with Crippen molar-refractivity contribution in [2.24, 2.45) is 5.92 Å². The number of halogens is 1. The van der Waals surface area contributed by atoms with E-state index in [2.05, 4.69) is 10.2 Å². The van der Waals surface area contributed by atoms with E-state index in [-0.39, 0.29) is 11.7 Å². The van der Waals surface area contributed by atoms with Crippen molar-refractivity contribution in [2.45, 2.75) is 12.8 Å². The summed E-state index contributed by atoms with van der Waals surface area (Å²) in [6, 6.07) is 13.9. The van der Waals surface area contributed by atoms with Gasteiger partial charge in [0.15, 0.2) is 0 Å². The number of benzene rings is 2. The van der Waals surface area contributed by atoms with Crippen molar-refractivity contribution < 1.29 is 9.18 Å². The molecule has 0 spiro atoms. The molecule has 2 aromatic carbocycles. The van der Waals surface area contributed by atoms with Crippen LogP contribution >= 0.6 is 0 Å². The zero-order valence-corrected chi connectivity index (χ0v) is 13.5. The molecule has 1 heterocycles. The number of carbonyl (C=O) groups excluding carboxylic acids is 1. The van der Waals surface area contributed by atoms with Crippen molar-refractivity contribution in [3.63, 3.8) is 0 Å². The Morgan fingerprint density at radius 3 is 2.58 bits per heavy atom. The van der Waals surface area contributed by atoms with Crippen LogP contribution in [0.3, 0.4) is 0 Å². The largest absolute Gasteiger partial charge is 0.399 e. The molecule has 1 atom stereocenters. The van der Waals surface area contributed by atoms with Crippen molar-refractivity contribution in [2.75, 3.05) is 30.3 Å². The molecular weight excluding hydrogens is 305 g/mol. The van der Waals surface area contributed by atoms with Gasteiger partial charge in [0.05, 0.1) is 6.42 Å². The molecule has 1 fully saturated rings. The number of hydrogen-bond donors (Lipinski definition) is 2. The first-order valence-electron chi connectivity index (χ1n) is 8.22. The molecule has 2 aromatic rings. The third-order valence-corrected chi connectivity index (χ3v) is 4.41. The molecule has 0 bridgehead atoms. The van der Waals surface area contributed by atoms with E-state index in [9.17, 15) is 9.18 Å². The fourth-order valence-electron chi connectivity index (χ4n) is 3.03. The van der Waals surface area contributed by atoms with E-state index in [0.29, 0.717) is 24.6 Å². The molecule has 0 saturated carbocycles. The van der Waals surface area contributed by atoms with E-state index < -0.39 is 0 Å². The Morgan fingerprint density at radius 2 is 1.88 bits per heavy atom. The Kier molecular flexibility index (Phi) is 4.99. The predicted octanol–water partition coefficient (Wildman–Crippen LogP) is 2.59. The van der Waals surface area contributed by atoms with Crippen molar-refractivity contribution in [3.8, 4) is 0 Å². The Bertz CT molecular complexity index is 685. The number of nitrogen functional groups attached to an aromatic ring is 1. The highest BCUT2D eigenvalue weighted by atomic mass is 19.1. The summed E-state index contributed by atoms with van der Waals surface area (Å²) >= 11 is 0. The number of anilines is 2. The Hall–Kier alpha value is -2.56. The summed E-state index contributed by atoms with van der Waals surface area (Å²) in [5.41, 5.74) is 8.34. The summed E-state index contributed by atoms with van der Waals surface area (Å²) in [7, 11) is 0. The second kappa shape index (κ2) is 7.34. The summed E-state index contributed by atoms with van der Waals surface area (Å²) in [5.74, 6) is 0.231. The number of hydrogen-bond acceptors (Lipinski definition) is 3. The van der Waals surface area contributed by atoms with E-state index in [4.69, 9.17) is 5.73 Å². The Labute approximate surface area is 141 Å². The highest BCUT2D eigenvalue weighted by molar-refractivity contribution is 5.78. The van der Waals surface area contributed by atoms with Crippen LogP contribution in [0.5, 0.6) is 0 Å². The quantitative estimate of drug-likeness (QED) is 0.830. The molecule has 0 aliphatic carbocycles.